The standard InChI is InChI=1S/C14H18F2N2O3/c1-3-5-8(4-2)17-14(21)18-12-6-9(13(19)20)10(15)7-11(12)16/h6-8H,3-5H2,1-2H3,(H,19,20)(H2,17,18,21). The van der Waals surface area contributed by atoms with Crippen molar-refractivity contribution in [3.8, 4) is 0 Å². The van der Waals surface area contributed by atoms with Gasteiger partial charge in [-0.15, -0.1) is 0 Å². The summed E-state index contributed by atoms with van der Waals surface area (Å²) in [7, 11) is 0. The van der Waals surface area contributed by atoms with Crippen molar-refractivity contribution in [2.75, 3.05) is 5.32 Å². The van der Waals surface area contributed by atoms with Crippen LogP contribution in [0, 0.1) is 11.6 Å². The molecule has 1 aromatic carbocycles. The topological polar surface area (TPSA) is 78.4 Å². The van der Waals surface area contributed by atoms with E-state index in [1.54, 1.807) is 0 Å². The second-order valence-electron chi connectivity index (χ2n) is 4.61. The van der Waals surface area contributed by atoms with Gasteiger partial charge in [-0.2, -0.15) is 0 Å². The first-order chi connectivity index (χ1) is 9.88. The van der Waals surface area contributed by atoms with E-state index in [0.29, 0.717) is 12.5 Å². The molecule has 0 spiro atoms. The molecule has 3 N–H and O–H groups in total. The number of carbonyl (C=O) groups is 2. The number of anilines is 1. The van der Waals surface area contributed by atoms with Crippen LogP contribution in [0.25, 0.3) is 0 Å². The third-order valence-electron chi connectivity index (χ3n) is 3.00. The molecule has 0 bridgehead atoms. The Morgan fingerprint density at radius 3 is 2.43 bits per heavy atom. The number of nitrogens with one attached hydrogen (secondary N) is 2. The van der Waals surface area contributed by atoms with Gasteiger partial charge in [0.05, 0.1) is 11.3 Å². The fourth-order valence-electron chi connectivity index (χ4n) is 1.88. The number of urea groups is 1. The Bertz CT molecular complexity index is 535. The summed E-state index contributed by atoms with van der Waals surface area (Å²) in [4.78, 5) is 22.5. The molecule has 0 heterocycles. The molecule has 1 aromatic rings. The van der Waals surface area contributed by atoms with Crippen LogP contribution in [-0.2, 0) is 0 Å². The number of rotatable bonds is 6. The number of aromatic carboxylic acids is 1. The second kappa shape index (κ2) is 7.56. The quantitative estimate of drug-likeness (QED) is 0.753. The molecule has 116 valence electrons. The highest BCUT2D eigenvalue weighted by Gasteiger charge is 2.17. The summed E-state index contributed by atoms with van der Waals surface area (Å²) in [5.74, 6) is -3.76. The van der Waals surface area contributed by atoms with Crippen molar-refractivity contribution in [1.82, 2.24) is 5.32 Å². The number of amides is 2. The first kappa shape index (κ1) is 16.9. The second-order valence-corrected chi connectivity index (χ2v) is 4.61. The number of carboxylic acid groups (broad SMARTS) is 1. The molecule has 7 heteroatoms. The summed E-state index contributed by atoms with van der Waals surface area (Å²) in [6.07, 6.45) is 2.37. The molecule has 1 unspecified atom stereocenters. The zero-order chi connectivity index (χ0) is 16.0. The van der Waals surface area contributed by atoms with Gasteiger partial charge < -0.3 is 15.7 Å². The lowest BCUT2D eigenvalue weighted by molar-refractivity contribution is 0.0692. The Kier molecular flexibility index (Phi) is 6.08. The minimum absolute atomic E-state index is 0.0579. The number of carboxylic acids is 1. The lowest BCUT2D eigenvalue weighted by Crippen LogP contribution is -2.37. The Labute approximate surface area is 121 Å². The third kappa shape index (κ3) is 4.70. The molecule has 1 rings (SSSR count). The highest BCUT2D eigenvalue weighted by atomic mass is 19.1. The van der Waals surface area contributed by atoms with Gasteiger partial charge in [0, 0.05) is 12.1 Å². The summed E-state index contributed by atoms with van der Waals surface area (Å²) in [6.45, 7) is 3.88. The van der Waals surface area contributed by atoms with Gasteiger partial charge in [0.2, 0.25) is 0 Å². The molecule has 0 aliphatic rings. The molecule has 0 aromatic heterocycles. The molecule has 5 nitrogen and oxygen atoms in total. The molecular formula is C14H18F2N2O3. The van der Waals surface area contributed by atoms with Gasteiger partial charge in [0.25, 0.3) is 0 Å². The predicted octanol–water partition coefficient (Wildman–Crippen LogP) is 3.36. The summed E-state index contributed by atoms with van der Waals surface area (Å²) >= 11 is 0. The van der Waals surface area contributed by atoms with Gasteiger partial charge in [-0.05, 0) is 18.9 Å². The molecule has 0 aliphatic carbocycles. The minimum atomic E-state index is -1.53. The number of hydrogen-bond acceptors (Lipinski definition) is 2. The summed E-state index contributed by atoms with van der Waals surface area (Å²) < 4.78 is 26.8. The van der Waals surface area contributed by atoms with Crippen LogP contribution in [0.5, 0.6) is 0 Å². The van der Waals surface area contributed by atoms with Crippen molar-refractivity contribution < 1.29 is 23.5 Å². The lowest BCUT2D eigenvalue weighted by atomic mass is 10.1. The van der Waals surface area contributed by atoms with E-state index in [-0.39, 0.29) is 11.7 Å². The third-order valence-corrected chi connectivity index (χ3v) is 3.00. The Morgan fingerprint density at radius 2 is 1.90 bits per heavy atom. The highest BCUT2D eigenvalue weighted by Crippen LogP contribution is 2.19. The van der Waals surface area contributed by atoms with Crippen LogP contribution in [-0.4, -0.2) is 23.1 Å². The maximum absolute atomic E-state index is 13.5. The van der Waals surface area contributed by atoms with Gasteiger partial charge in [-0.1, -0.05) is 20.3 Å². The van der Waals surface area contributed by atoms with Gasteiger partial charge in [0.1, 0.15) is 11.6 Å². The highest BCUT2D eigenvalue weighted by molar-refractivity contribution is 5.93. The van der Waals surface area contributed by atoms with Gasteiger partial charge in [0.15, 0.2) is 0 Å². The number of benzene rings is 1. The molecule has 0 saturated carbocycles. The molecule has 2 amide bonds. The van der Waals surface area contributed by atoms with Crippen molar-refractivity contribution in [3.63, 3.8) is 0 Å². The Balaban J connectivity index is 2.85. The van der Waals surface area contributed by atoms with Gasteiger partial charge >= 0.3 is 12.0 Å². The van der Waals surface area contributed by atoms with Crippen molar-refractivity contribution in [2.24, 2.45) is 0 Å². The van der Waals surface area contributed by atoms with E-state index in [4.69, 9.17) is 5.11 Å². The monoisotopic (exact) mass is 300 g/mol. The summed E-state index contributed by atoms with van der Waals surface area (Å²) in [5, 5.41) is 13.6. The molecular weight excluding hydrogens is 282 g/mol. The van der Waals surface area contributed by atoms with E-state index in [9.17, 15) is 18.4 Å². The van der Waals surface area contributed by atoms with E-state index in [1.807, 2.05) is 13.8 Å². The number of carbonyl (C=O) groups excluding carboxylic acids is 1. The fourth-order valence-corrected chi connectivity index (χ4v) is 1.88. The predicted molar refractivity (Wildman–Crippen MR) is 74.5 cm³/mol. The number of halogens is 2. The summed E-state index contributed by atoms with van der Waals surface area (Å²) in [6, 6.07) is 0.477. The maximum Gasteiger partial charge on any atom is 0.338 e. The molecule has 1 atom stereocenters. The molecule has 0 radical (unpaired) electrons. The molecule has 0 saturated heterocycles. The van der Waals surface area contributed by atoms with E-state index < -0.39 is 29.2 Å². The van der Waals surface area contributed by atoms with Crippen LogP contribution < -0.4 is 10.6 Å². The normalized spacial score (nSPS) is 11.8. The van der Waals surface area contributed by atoms with Crippen LogP contribution in [0.4, 0.5) is 19.3 Å². The molecule has 0 fully saturated rings. The van der Waals surface area contributed by atoms with Crippen LogP contribution in [0.3, 0.4) is 0 Å². The zero-order valence-electron chi connectivity index (χ0n) is 11.9. The Hall–Kier alpha value is -2.18. The van der Waals surface area contributed by atoms with E-state index >= 15 is 0 Å². The Morgan fingerprint density at radius 1 is 1.24 bits per heavy atom. The minimum Gasteiger partial charge on any atom is -0.478 e. The van der Waals surface area contributed by atoms with E-state index in [2.05, 4.69) is 10.6 Å². The van der Waals surface area contributed by atoms with Crippen molar-refractivity contribution in [1.29, 1.82) is 0 Å². The van der Waals surface area contributed by atoms with E-state index in [1.165, 1.54) is 0 Å². The first-order valence-corrected chi connectivity index (χ1v) is 6.68. The average Bonchev–Trinajstić information content (AvgIpc) is 2.40. The van der Waals surface area contributed by atoms with E-state index in [0.717, 1.165) is 18.9 Å². The zero-order valence-corrected chi connectivity index (χ0v) is 11.9. The summed E-state index contributed by atoms with van der Waals surface area (Å²) in [5.41, 5.74) is -1.08. The maximum atomic E-state index is 13.5. The van der Waals surface area contributed by atoms with Crippen molar-refractivity contribution in [3.05, 3.63) is 29.3 Å². The smallest absolute Gasteiger partial charge is 0.338 e. The van der Waals surface area contributed by atoms with Gasteiger partial charge in [-0.3, -0.25) is 0 Å². The van der Waals surface area contributed by atoms with Crippen LogP contribution >= 0.6 is 0 Å². The molecule has 0 aliphatic heterocycles. The fraction of sp³-hybridized carbons (Fsp3) is 0.429. The lowest BCUT2D eigenvalue weighted by Gasteiger charge is -2.17. The molecule has 21 heavy (non-hydrogen) atoms. The SMILES string of the molecule is CCCC(CC)NC(=O)Nc1cc(C(=O)O)c(F)cc1F. The van der Waals surface area contributed by atoms with Crippen LogP contribution in [0.1, 0.15) is 43.5 Å². The van der Waals surface area contributed by atoms with Crippen LogP contribution in [0.2, 0.25) is 0 Å². The largest absolute Gasteiger partial charge is 0.478 e. The van der Waals surface area contributed by atoms with Gasteiger partial charge in [-0.25, -0.2) is 18.4 Å². The van der Waals surface area contributed by atoms with Crippen LogP contribution in [0.15, 0.2) is 12.1 Å². The first-order valence-electron chi connectivity index (χ1n) is 6.68. The average molecular weight is 300 g/mol. The number of hydrogen-bond donors (Lipinski definition) is 3. The van der Waals surface area contributed by atoms with Crippen molar-refractivity contribution >= 4 is 17.7 Å². The van der Waals surface area contributed by atoms with Crippen molar-refractivity contribution in [2.45, 2.75) is 39.2 Å².